The summed E-state index contributed by atoms with van der Waals surface area (Å²) in [6.45, 7) is 0.754. The second-order valence-electron chi connectivity index (χ2n) is 6.57. The fourth-order valence-corrected chi connectivity index (χ4v) is 3.42. The van der Waals surface area contributed by atoms with E-state index in [9.17, 15) is 19.5 Å². The van der Waals surface area contributed by atoms with Crippen molar-refractivity contribution in [2.75, 3.05) is 31.8 Å². The Morgan fingerprint density at radius 1 is 1.31 bits per heavy atom. The number of carboxylic acid groups (broad SMARTS) is 1. The van der Waals surface area contributed by atoms with E-state index in [0.717, 1.165) is 0 Å². The minimum absolute atomic E-state index is 0.0378. The maximum absolute atomic E-state index is 12.7. The molecule has 2 fully saturated rings. The van der Waals surface area contributed by atoms with E-state index in [1.807, 2.05) is 0 Å². The summed E-state index contributed by atoms with van der Waals surface area (Å²) in [5.74, 6) is -1.73. The Hall–Kier alpha value is -2.61. The molecule has 0 aromatic heterocycles. The number of hydrogen-bond acceptors (Lipinski definition) is 5. The third-order valence-electron chi connectivity index (χ3n) is 4.99. The lowest BCUT2D eigenvalue weighted by atomic mass is 9.89. The zero-order chi connectivity index (χ0) is 18.7. The van der Waals surface area contributed by atoms with E-state index in [0.29, 0.717) is 11.4 Å². The Kier molecular flexibility index (Phi) is 5.13. The van der Waals surface area contributed by atoms with Gasteiger partial charge in [-0.1, -0.05) is 12.1 Å². The number of rotatable bonds is 5. The second kappa shape index (κ2) is 7.33. The van der Waals surface area contributed by atoms with Crippen LogP contribution in [0.4, 0.5) is 5.69 Å². The molecule has 0 bridgehead atoms. The Labute approximate surface area is 151 Å². The van der Waals surface area contributed by atoms with Gasteiger partial charge in [0.1, 0.15) is 11.3 Å². The van der Waals surface area contributed by atoms with Gasteiger partial charge in [0.15, 0.2) is 0 Å². The Bertz CT molecular complexity index is 713. The van der Waals surface area contributed by atoms with Crippen LogP contribution in [-0.2, 0) is 19.1 Å². The van der Waals surface area contributed by atoms with Gasteiger partial charge in [0.05, 0.1) is 18.7 Å². The zero-order valence-electron chi connectivity index (χ0n) is 14.6. The number of para-hydroxylation sites is 2. The first-order valence-corrected chi connectivity index (χ1v) is 8.53. The highest BCUT2D eigenvalue weighted by atomic mass is 16.5. The van der Waals surface area contributed by atoms with Gasteiger partial charge in [-0.05, 0) is 12.1 Å². The normalized spacial score (nSPS) is 22.1. The molecular weight excluding hydrogens is 340 g/mol. The van der Waals surface area contributed by atoms with Crippen molar-refractivity contribution in [3.8, 4) is 5.75 Å². The van der Waals surface area contributed by atoms with Gasteiger partial charge in [0, 0.05) is 39.0 Å². The molecule has 2 heterocycles. The van der Waals surface area contributed by atoms with Crippen molar-refractivity contribution in [1.29, 1.82) is 0 Å². The van der Waals surface area contributed by atoms with Crippen molar-refractivity contribution in [3.05, 3.63) is 24.3 Å². The fraction of sp³-hybridized carbons (Fsp3) is 0.500. The molecule has 0 spiro atoms. The molecule has 0 aliphatic carbocycles. The van der Waals surface area contributed by atoms with Gasteiger partial charge in [0.2, 0.25) is 11.8 Å². The predicted octanol–water partition coefficient (Wildman–Crippen LogP) is 0.798. The number of carboxylic acids is 1. The molecule has 2 aliphatic heterocycles. The molecule has 1 aromatic rings. The average Bonchev–Trinajstić information content (AvgIpc) is 3.04. The van der Waals surface area contributed by atoms with Crippen LogP contribution in [0, 0.1) is 5.92 Å². The van der Waals surface area contributed by atoms with E-state index < -0.39 is 23.3 Å². The molecule has 2 aliphatic rings. The third-order valence-corrected chi connectivity index (χ3v) is 4.99. The monoisotopic (exact) mass is 362 g/mol. The summed E-state index contributed by atoms with van der Waals surface area (Å²) < 4.78 is 10.5. The predicted molar refractivity (Wildman–Crippen MR) is 92.0 cm³/mol. The number of hydrogen-bond donors (Lipinski definition) is 2. The summed E-state index contributed by atoms with van der Waals surface area (Å²) in [5.41, 5.74) is -0.717. The number of carbonyl (C=O) groups is 3. The number of carbonyl (C=O) groups excluding carboxylic acids is 2. The lowest BCUT2D eigenvalue weighted by Gasteiger charge is -2.34. The number of aliphatic carboxylic acids is 1. The number of amides is 2. The second-order valence-corrected chi connectivity index (χ2v) is 6.57. The van der Waals surface area contributed by atoms with Gasteiger partial charge >= 0.3 is 5.97 Å². The van der Waals surface area contributed by atoms with Crippen molar-refractivity contribution in [2.24, 2.45) is 5.92 Å². The molecule has 2 saturated heterocycles. The number of methoxy groups -OCH3 is 1. The van der Waals surface area contributed by atoms with Crippen LogP contribution in [0.25, 0.3) is 0 Å². The van der Waals surface area contributed by atoms with Crippen LogP contribution in [0.5, 0.6) is 5.75 Å². The quantitative estimate of drug-likeness (QED) is 0.803. The number of ether oxygens (including phenoxy) is 2. The molecular formula is C18H22N2O6. The van der Waals surface area contributed by atoms with E-state index in [1.165, 1.54) is 12.0 Å². The first-order chi connectivity index (χ1) is 12.5. The molecule has 0 saturated carbocycles. The molecule has 26 heavy (non-hydrogen) atoms. The van der Waals surface area contributed by atoms with E-state index in [2.05, 4.69) is 5.32 Å². The van der Waals surface area contributed by atoms with Crippen LogP contribution >= 0.6 is 0 Å². The van der Waals surface area contributed by atoms with Gasteiger partial charge in [0.25, 0.3) is 0 Å². The minimum Gasteiger partial charge on any atom is -0.495 e. The highest BCUT2D eigenvalue weighted by Gasteiger charge is 2.44. The van der Waals surface area contributed by atoms with Crippen LogP contribution < -0.4 is 15.0 Å². The summed E-state index contributed by atoms with van der Waals surface area (Å²) >= 11 is 0. The zero-order valence-corrected chi connectivity index (χ0v) is 14.6. The van der Waals surface area contributed by atoms with Gasteiger partial charge in [-0.15, -0.1) is 0 Å². The highest BCUT2D eigenvalue weighted by molar-refractivity contribution is 6.02. The summed E-state index contributed by atoms with van der Waals surface area (Å²) in [4.78, 5) is 38.3. The maximum Gasteiger partial charge on any atom is 0.329 e. The minimum atomic E-state index is -1.32. The van der Waals surface area contributed by atoms with Crippen molar-refractivity contribution in [3.63, 3.8) is 0 Å². The van der Waals surface area contributed by atoms with E-state index in [4.69, 9.17) is 9.47 Å². The first kappa shape index (κ1) is 18.2. The van der Waals surface area contributed by atoms with Crippen molar-refractivity contribution < 1.29 is 29.0 Å². The highest BCUT2D eigenvalue weighted by Crippen LogP contribution is 2.33. The van der Waals surface area contributed by atoms with Crippen molar-refractivity contribution in [1.82, 2.24) is 5.32 Å². The van der Waals surface area contributed by atoms with Crippen molar-refractivity contribution >= 4 is 23.5 Å². The molecule has 140 valence electrons. The smallest absolute Gasteiger partial charge is 0.329 e. The SMILES string of the molecule is COc1ccccc1N1CC(C(=O)NC2(C(=O)O)CCOCC2)CC1=O. The molecule has 1 unspecified atom stereocenters. The third kappa shape index (κ3) is 3.37. The lowest BCUT2D eigenvalue weighted by Crippen LogP contribution is -2.58. The van der Waals surface area contributed by atoms with E-state index >= 15 is 0 Å². The van der Waals surface area contributed by atoms with Gasteiger partial charge in [-0.25, -0.2) is 4.79 Å². The van der Waals surface area contributed by atoms with Gasteiger partial charge in [-0.3, -0.25) is 9.59 Å². The van der Waals surface area contributed by atoms with Gasteiger partial charge in [-0.2, -0.15) is 0 Å². The number of nitrogens with one attached hydrogen (secondary N) is 1. The number of anilines is 1. The largest absolute Gasteiger partial charge is 0.495 e. The fourth-order valence-electron chi connectivity index (χ4n) is 3.42. The van der Waals surface area contributed by atoms with E-state index in [1.54, 1.807) is 24.3 Å². The molecule has 0 radical (unpaired) electrons. The lowest BCUT2D eigenvalue weighted by molar-refractivity contribution is -0.152. The topological polar surface area (TPSA) is 105 Å². The molecule has 2 N–H and O–H groups in total. The Morgan fingerprint density at radius 2 is 2.00 bits per heavy atom. The summed E-state index contributed by atoms with van der Waals surface area (Å²) in [6, 6.07) is 7.10. The molecule has 2 amide bonds. The van der Waals surface area contributed by atoms with Crippen LogP contribution in [0.2, 0.25) is 0 Å². The Balaban J connectivity index is 1.73. The summed E-state index contributed by atoms with van der Waals surface area (Å²) in [7, 11) is 1.52. The van der Waals surface area contributed by atoms with Gasteiger partial charge < -0.3 is 24.8 Å². The van der Waals surface area contributed by atoms with Crippen molar-refractivity contribution in [2.45, 2.75) is 24.8 Å². The Morgan fingerprint density at radius 3 is 2.65 bits per heavy atom. The van der Waals surface area contributed by atoms with Crippen LogP contribution in [0.1, 0.15) is 19.3 Å². The maximum atomic E-state index is 12.7. The van der Waals surface area contributed by atoms with Crippen LogP contribution in [-0.4, -0.2) is 55.3 Å². The molecule has 8 nitrogen and oxygen atoms in total. The van der Waals surface area contributed by atoms with Crippen LogP contribution in [0.15, 0.2) is 24.3 Å². The molecule has 1 aromatic carbocycles. The summed E-state index contributed by atoms with van der Waals surface area (Å²) in [6.07, 6.45) is 0.464. The van der Waals surface area contributed by atoms with Crippen LogP contribution in [0.3, 0.4) is 0 Å². The van der Waals surface area contributed by atoms with E-state index in [-0.39, 0.29) is 44.9 Å². The molecule has 1 atom stereocenters. The average molecular weight is 362 g/mol. The first-order valence-electron chi connectivity index (χ1n) is 8.53. The standard InChI is InChI=1S/C18H22N2O6/c1-25-14-5-3-2-4-13(14)20-11-12(10-15(20)21)16(22)19-18(17(23)24)6-8-26-9-7-18/h2-5,12H,6-11H2,1H3,(H,19,22)(H,23,24). The number of nitrogens with zero attached hydrogens (tertiary/aromatic N) is 1. The molecule has 8 heteroatoms. The number of benzene rings is 1. The molecule has 3 rings (SSSR count). The summed E-state index contributed by atoms with van der Waals surface area (Å²) in [5, 5.41) is 12.2.